The van der Waals surface area contributed by atoms with Gasteiger partial charge in [0.05, 0.1) is 4.75 Å². The molecule has 0 aliphatic heterocycles. The van der Waals surface area contributed by atoms with Crippen LogP contribution < -0.4 is 10.9 Å². The Hall–Kier alpha value is -0.270. The summed E-state index contributed by atoms with van der Waals surface area (Å²) in [5.41, 5.74) is 5.25. The molecule has 0 atom stereocenters. The Kier molecular flexibility index (Phi) is 2.92. The second-order valence-corrected chi connectivity index (χ2v) is 4.88. The van der Waals surface area contributed by atoms with E-state index in [1.54, 1.807) is 13.8 Å². The predicted molar refractivity (Wildman–Crippen MR) is 47.8 cm³/mol. The third-order valence-corrected chi connectivity index (χ3v) is 1.53. The molecule has 0 radical (unpaired) electrons. The maximum atomic E-state index is 10.4. The molecule has 0 bridgehead atoms. The highest BCUT2D eigenvalue weighted by atomic mass is 32.2. The Morgan fingerprint density at radius 1 is 1.55 bits per heavy atom. The zero-order valence-electron chi connectivity index (χ0n) is 6.27. The van der Waals surface area contributed by atoms with E-state index in [0.717, 1.165) is 0 Å². The van der Waals surface area contributed by atoms with Crippen LogP contribution in [0.4, 0.5) is 0 Å². The molecule has 0 unspecified atom stereocenters. The minimum atomic E-state index is -3.89. The third-order valence-electron chi connectivity index (χ3n) is 0.852. The van der Waals surface area contributed by atoms with E-state index in [-0.39, 0.29) is 5.84 Å². The summed E-state index contributed by atoms with van der Waals surface area (Å²) in [6.45, 7) is 3.22. The molecular weight excluding hydrogens is 186 g/mol. The van der Waals surface area contributed by atoms with Crippen molar-refractivity contribution < 1.29 is 8.42 Å². The van der Waals surface area contributed by atoms with E-state index < -0.39 is 15.0 Å². The summed E-state index contributed by atoms with van der Waals surface area (Å²) < 4.78 is 23.0. The van der Waals surface area contributed by atoms with Gasteiger partial charge in [0.1, 0.15) is 5.84 Å². The lowest BCUT2D eigenvalue weighted by Crippen LogP contribution is -2.34. The fourth-order valence-corrected chi connectivity index (χ4v) is 0.869. The molecule has 0 rings (SSSR count). The van der Waals surface area contributed by atoms with Crippen LogP contribution in [0, 0.1) is 0 Å². The summed E-state index contributed by atoms with van der Waals surface area (Å²) in [5, 5.41) is 4.60. The number of rotatable bonds is 2. The average Bonchev–Trinajstić information content (AvgIpc) is 1.56. The fourth-order valence-electron chi connectivity index (χ4n) is 0.249. The first-order chi connectivity index (χ1) is 4.63. The van der Waals surface area contributed by atoms with Crippen LogP contribution in [0.1, 0.15) is 13.8 Å². The van der Waals surface area contributed by atoms with Crippen molar-refractivity contribution in [3.05, 3.63) is 0 Å². The highest BCUT2D eigenvalue weighted by molar-refractivity contribution is 7.88. The monoisotopic (exact) mass is 197 g/mol. The van der Waals surface area contributed by atoms with Gasteiger partial charge in [-0.2, -0.15) is 21.0 Å². The summed E-state index contributed by atoms with van der Waals surface area (Å²) in [6.07, 6.45) is 0. The molecule has 0 aromatic heterocycles. The average molecular weight is 197 g/mol. The lowest BCUT2D eigenvalue weighted by atomic mass is 10.2. The molecule has 0 aromatic carbocycles. The molecule has 4 N–H and O–H groups in total. The fraction of sp³-hybridized carbons (Fsp3) is 0.750. The lowest BCUT2D eigenvalue weighted by molar-refractivity contribution is 0.599. The Morgan fingerprint density at radius 2 is 1.91 bits per heavy atom. The first kappa shape index (κ1) is 10.7. The van der Waals surface area contributed by atoms with E-state index in [9.17, 15) is 8.42 Å². The zero-order chi connectivity index (χ0) is 9.28. The molecule has 0 aromatic rings. The van der Waals surface area contributed by atoms with E-state index >= 15 is 0 Å². The Bertz CT molecular complexity index is 262. The molecule has 66 valence electrons. The smallest absolute Gasteiger partial charge is 0.318 e. The van der Waals surface area contributed by atoms with Crippen molar-refractivity contribution in [3.63, 3.8) is 0 Å². The van der Waals surface area contributed by atoms with E-state index in [4.69, 9.17) is 5.73 Å². The van der Waals surface area contributed by atoms with Gasteiger partial charge in [-0.3, -0.25) is 0 Å². The summed E-state index contributed by atoms with van der Waals surface area (Å²) in [4.78, 5) is 0. The standard InChI is InChI=1S/C4H11N3O2S2/c1-4(2,10)3(5)7-11(6,8)9/h10H,1-2H3,(H2,5,7)(H2,6,8,9). The molecule has 5 nitrogen and oxygen atoms in total. The van der Waals surface area contributed by atoms with E-state index in [1.165, 1.54) is 0 Å². The Morgan fingerprint density at radius 3 is 2.00 bits per heavy atom. The number of amidine groups is 1. The van der Waals surface area contributed by atoms with Crippen molar-refractivity contribution in [2.24, 2.45) is 15.3 Å². The molecule has 0 aliphatic carbocycles. The van der Waals surface area contributed by atoms with Gasteiger partial charge in [0, 0.05) is 0 Å². The van der Waals surface area contributed by atoms with Crippen molar-refractivity contribution in [1.29, 1.82) is 0 Å². The second kappa shape index (κ2) is 3.00. The number of hydrogen-bond acceptors (Lipinski definition) is 3. The highest BCUT2D eigenvalue weighted by Gasteiger charge is 2.18. The molecule has 0 aliphatic rings. The molecule has 0 spiro atoms. The molecule has 0 saturated heterocycles. The molecule has 0 fully saturated rings. The number of hydrogen-bond donors (Lipinski definition) is 3. The first-order valence-electron chi connectivity index (χ1n) is 2.74. The van der Waals surface area contributed by atoms with E-state index in [2.05, 4.69) is 22.2 Å². The van der Waals surface area contributed by atoms with Gasteiger partial charge in [0.15, 0.2) is 0 Å². The van der Waals surface area contributed by atoms with Gasteiger partial charge in [0.25, 0.3) is 0 Å². The molecule has 0 heterocycles. The topological polar surface area (TPSA) is 98.5 Å². The zero-order valence-corrected chi connectivity index (χ0v) is 7.98. The van der Waals surface area contributed by atoms with Crippen LogP contribution in [0.15, 0.2) is 4.40 Å². The van der Waals surface area contributed by atoms with Crippen molar-refractivity contribution in [3.8, 4) is 0 Å². The molecule has 7 heteroatoms. The normalized spacial score (nSPS) is 15.1. The number of nitrogens with zero attached hydrogens (tertiary/aromatic N) is 1. The minimum Gasteiger partial charge on any atom is -0.385 e. The molecule has 11 heavy (non-hydrogen) atoms. The van der Waals surface area contributed by atoms with Crippen molar-refractivity contribution in [2.45, 2.75) is 18.6 Å². The van der Waals surface area contributed by atoms with Gasteiger partial charge in [-0.1, -0.05) is 0 Å². The minimum absolute atomic E-state index is 0.122. The largest absolute Gasteiger partial charge is 0.385 e. The highest BCUT2D eigenvalue weighted by Crippen LogP contribution is 2.11. The third kappa shape index (κ3) is 5.05. The van der Waals surface area contributed by atoms with Crippen molar-refractivity contribution >= 4 is 28.7 Å². The van der Waals surface area contributed by atoms with Crippen LogP contribution in [-0.2, 0) is 10.2 Å². The van der Waals surface area contributed by atoms with Crippen LogP contribution in [0.3, 0.4) is 0 Å². The Balaban J connectivity index is 4.78. The predicted octanol–water partition coefficient (Wildman–Crippen LogP) is -0.744. The number of nitrogens with two attached hydrogens (primary N) is 2. The van der Waals surface area contributed by atoms with Crippen LogP contribution in [-0.4, -0.2) is 19.0 Å². The summed E-state index contributed by atoms with van der Waals surface area (Å²) in [7, 11) is -3.89. The SMILES string of the molecule is CC(C)(S)C(N)=NS(N)(=O)=O. The molecular formula is C4H11N3O2S2. The van der Waals surface area contributed by atoms with Crippen LogP contribution >= 0.6 is 12.6 Å². The first-order valence-corrected chi connectivity index (χ1v) is 4.69. The van der Waals surface area contributed by atoms with Crippen molar-refractivity contribution in [2.75, 3.05) is 0 Å². The van der Waals surface area contributed by atoms with Gasteiger partial charge >= 0.3 is 10.2 Å². The van der Waals surface area contributed by atoms with Gasteiger partial charge in [-0.05, 0) is 13.8 Å². The quantitative estimate of drug-likeness (QED) is 0.309. The van der Waals surface area contributed by atoms with E-state index in [0.29, 0.717) is 0 Å². The van der Waals surface area contributed by atoms with Crippen LogP contribution in [0.25, 0.3) is 0 Å². The number of thiol groups is 1. The summed E-state index contributed by atoms with van der Waals surface area (Å²) >= 11 is 3.99. The molecule has 0 saturated carbocycles. The Labute approximate surface area is 71.5 Å². The summed E-state index contributed by atoms with van der Waals surface area (Å²) in [6, 6.07) is 0. The maximum Gasteiger partial charge on any atom is 0.318 e. The maximum absolute atomic E-state index is 10.4. The second-order valence-electron chi connectivity index (χ2n) is 2.55. The van der Waals surface area contributed by atoms with Gasteiger partial charge in [-0.25, -0.2) is 5.14 Å². The van der Waals surface area contributed by atoms with Crippen LogP contribution in [0.5, 0.6) is 0 Å². The van der Waals surface area contributed by atoms with E-state index in [1.807, 2.05) is 0 Å². The van der Waals surface area contributed by atoms with Crippen LogP contribution in [0.2, 0.25) is 0 Å². The molecule has 0 amide bonds. The summed E-state index contributed by atoms with van der Waals surface area (Å²) in [5.74, 6) is -0.122. The van der Waals surface area contributed by atoms with Gasteiger partial charge in [-0.15, -0.1) is 4.40 Å². The van der Waals surface area contributed by atoms with Crippen molar-refractivity contribution in [1.82, 2.24) is 0 Å². The van der Waals surface area contributed by atoms with Gasteiger partial charge < -0.3 is 5.73 Å². The lowest BCUT2D eigenvalue weighted by Gasteiger charge is -2.14. The van der Waals surface area contributed by atoms with Gasteiger partial charge in [0.2, 0.25) is 0 Å².